The average Bonchev–Trinajstić information content (AvgIpc) is 3.00. The molecule has 0 aliphatic rings. The van der Waals surface area contributed by atoms with Crippen LogP contribution in [0.15, 0.2) is 23.0 Å². The summed E-state index contributed by atoms with van der Waals surface area (Å²) in [6.45, 7) is 4.86. The van der Waals surface area contributed by atoms with Crippen LogP contribution < -0.4 is 0 Å². The third kappa shape index (κ3) is 3.21. The largest absolute Gasteiger partial charge is 0.361 e. The smallest absolute Gasteiger partial charge is 0.224 e. The lowest BCUT2D eigenvalue weighted by Crippen LogP contribution is -2.27. The SMILES string of the molecule is Cc1noc(C)c1CN(C)C(=O)CCn1cccn1. The number of amides is 1. The molecule has 0 aromatic carbocycles. The molecule has 0 spiro atoms. The van der Waals surface area contributed by atoms with Crippen molar-refractivity contribution in [2.24, 2.45) is 0 Å². The second-order valence-electron chi connectivity index (χ2n) is 4.57. The van der Waals surface area contributed by atoms with Gasteiger partial charge in [0.05, 0.1) is 12.2 Å². The molecular weight excluding hydrogens is 244 g/mol. The fourth-order valence-corrected chi connectivity index (χ4v) is 1.89. The van der Waals surface area contributed by atoms with Crippen LogP contribution in [0.3, 0.4) is 0 Å². The van der Waals surface area contributed by atoms with Crippen molar-refractivity contribution in [3.05, 3.63) is 35.5 Å². The summed E-state index contributed by atoms with van der Waals surface area (Å²) in [5.41, 5.74) is 1.82. The van der Waals surface area contributed by atoms with Crippen molar-refractivity contribution in [1.29, 1.82) is 0 Å². The Bertz CT molecular complexity index is 525. The van der Waals surface area contributed by atoms with Crippen molar-refractivity contribution < 1.29 is 9.32 Å². The zero-order chi connectivity index (χ0) is 13.8. The minimum Gasteiger partial charge on any atom is -0.361 e. The van der Waals surface area contributed by atoms with Gasteiger partial charge in [0.15, 0.2) is 0 Å². The number of hydrogen-bond donors (Lipinski definition) is 0. The Morgan fingerprint density at radius 3 is 2.84 bits per heavy atom. The quantitative estimate of drug-likeness (QED) is 0.819. The topological polar surface area (TPSA) is 64.2 Å². The van der Waals surface area contributed by atoms with Crippen molar-refractivity contribution in [3.8, 4) is 0 Å². The lowest BCUT2D eigenvalue weighted by Gasteiger charge is -2.17. The Kier molecular flexibility index (Phi) is 3.99. The third-order valence-electron chi connectivity index (χ3n) is 3.12. The summed E-state index contributed by atoms with van der Waals surface area (Å²) in [6, 6.07) is 1.85. The number of carbonyl (C=O) groups is 1. The van der Waals surface area contributed by atoms with Crippen LogP contribution in [-0.4, -0.2) is 32.8 Å². The van der Waals surface area contributed by atoms with Gasteiger partial charge >= 0.3 is 0 Å². The van der Waals surface area contributed by atoms with Crippen LogP contribution in [0.2, 0.25) is 0 Å². The standard InChI is InChI=1S/C13H18N4O2/c1-10-12(11(2)19-15-10)9-16(3)13(18)5-8-17-7-4-6-14-17/h4,6-7H,5,8-9H2,1-3H3. The maximum absolute atomic E-state index is 12.0. The van der Waals surface area contributed by atoms with E-state index < -0.39 is 0 Å². The summed E-state index contributed by atoms with van der Waals surface area (Å²) in [4.78, 5) is 13.7. The lowest BCUT2D eigenvalue weighted by atomic mass is 10.2. The molecule has 102 valence electrons. The fourth-order valence-electron chi connectivity index (χ4n) is 1.89. The Morgan fingerprint density at radius 2 is 2.26 bits per heavy atom. The molecule has 2 heterocycles. The molecule has 2 rings (SSSR count). The first-order valence-corrected chi connectivity index (χ1v) is 6.21. The van der Waals surface area contributed by atoms with E-state index in [1.807, 2.05) is 26.1 Å². The van der Waals surface area contributed by atoms with Crippen LogP contribution in [-0.2, 0) is 17.9 Å². The predicted octanol–water partition coefficient (Wildman–Crippen LogP) is 1.54. The second-order valence-corrected chi connectivity index (χ2v) is 4.57. The maximum Gasteiger partial charge on any atom is 0.224 e. The Labute approximate surface area is 112 Å². The lowest BCUT2D eigenvalue weighted by molar-refractivity contribution is -0.130. The minimum absolute atomic E-state index is 0.0792. The van der Waals surface area contributed by atoms with Gasteiger partial charge in [-0.1, -0.05) is 5.16 Å². The van der Waals surface area contributed by atoms with E-state index in [1.165, 1.54) is 0 Å². The van der Waals surface area contributed by atoms with E-state index in [-0.39, 0.29) is 5.91 Å². The van der Waals surface area contributed by atoms with Crippen LogP contribution in [0, 0.1) is 13.8 Å². The molecule has 6 heteroatoms. The molecular formula is C13H18N4O2. The normalized spacial score (nSPS) is 10.7. The molecule has 0 N–H and O–H groups in total. The first-order valence-electron chi connectivity index (χ1n) is 6.21. The van der Waals surface area contributed by atoms with E-state index in [4.69, 9.17) is 4.52 Å². The first kappa shape index (κ1) is 13.3. The predicted molar refractivity (Wildman–Crippen MR) is 69.3 cm³/mol. The summed E-state index contributed by atoms with van der Waals surface area (Å²) in [7, 11) is 1.79. The van der Waals surface area contributed by atoms with Crippen molar-refractivity contribution in [2.45, 2.75) is 33.4 Å². The number of carbonyl (C=O) groups excluding carboxylic acids is 1. The van der Waals surface area contributed by atoms with Gasteiger partial charge in [-0.25, -0.2) is 0 Å². The van der Waals surface area contributed by atoms with Crippen LogP contribution in [0.25, 0.3) is 0 Å². The van der Waals surface area contributed by atoms with Crippen molar-refractivity contribution >= 4 is 5.91 Å². The highest BCUT2D eigenvalue weighted by molar-refractivity contribution is 5.75. The Morgan fingerprint density at radius 1 is 1.47 bits per heavy atom. The van der Waals surface area contributed by atoms with Crippen molar-refractivity contribution in [3.63, 3.8) is 0 Å². The fraction of sp³-hybridized carbons (Fsp3) is 0.462. The Hall–Kier alpha value is -2.11. The molecule has 0 saturated carbocycles. The number of aryl methyl sites for hydroxylation is 3. The van der Waals surface area contributed by atoms with Crippen LogP contribution in [0.5, 0.6) is 0 Å². The van der Waals surface area contributed by atoms with E-state index in [1.54, 1.807) is 22.8 Å². The number of rotatable bonds is 5. The van der Waals surface area contributed by atoms with E-state index in [9.17, 15) is 4.79 Å². The van der Waals surface area contributed by atoms with E-state index in [0.717, 1.165) is 17.0 Å². The molecule has 0 atom stereocenters. The zero-order valence-corrected chi connectivity index (χ0v) is 11.5. The molecule has 0 saturated heterocycles. The molecule has 1 amide bonds. The van der Waals surface area contributed by atoms with Gasteiger partial charge in [-0.05, 0) is 19.9 Å². The highest BCUT2D eigenvalue weighted by Crippen LogP contribution is 2.14. The Balaban J connectivity index is 1.89. The summed E-state index contributed by atoms with van der Waals surface area (Å²) in [6.07, 6.45) is 3.99. The molecule has 0 aliphatic heterocycles. The van der Waals surface area contributed by atoms with Gasteiger partial charge in [-0.2, -0.15) is 5.10 Å². The number of hydrogen-bond acceptors (Lipinski definition) is 4. The molecule has 0 radical (unpaired) electrons. The molecule has 0 bridgehead atoms. The monoisotopic (exact) mass is 262 g/mol. The van der Waals surface area contributed by atoms with E-state index >= 15 is 0 Å². The summed E-state index contributed by atoms with van der Waals surface area (Å²) in [5.74, 6) is 0.847. The summed E-state index contributed by atoms with van der Waals surface area (Å²) >= 11 is 0. The highest BCUT2D eigenvalue weighted by Gasteiger charge is 2.15. The van der Waals surface area contributed by atoms with Gasteiger partial charge in [0.25, 0.3) is 0 Å². The van der Waals surface area contributed by atoms with Gasteiger partial charge in [0.1, 0.15) is 5.76 Å². The van der Waals surface area contributed by atoms with Crippen LogP contribution >= 0.6 is 0 Å². The molecule has 0 unspecified atom stereocenters. The number of aromatic nitrogens is 3. The highest BCUT2D eigenvalue weighted by atomic mass is 16.5. The van der Waals surface area contributed by atoms with Crippen LogP contribution in [0.1, 0.15) is 23.4 Å². The summed E-state index contributed by atoms with van der Waals surface area (Å²) < 4.78 is 6.84. The molecule has 0 fully saturated rings. The zero-order valence-electron chi connectivity index (χ0n) is 11.5. The number of nitrogens with zero attached hydrogens (tertiary/aromatic N) is 4. The van der Waals surface area contributed by atoms with Crippen molar-refractivity contribution in [2.75, 3.05) is 7.05 Å². The maximum atomic E-state index is 12.0. The van der Waals surface area contributed by atoms with Crippen LogP contribution in [0.4, 0.5) is 0 Å². The second kappa shape index (κ2) is 5.69. The van der Waals surface area contributed by atoms with Gasteiger partial charge in [0.2, 0.25) is 5.91 Å². The van der Waals surface area contributed by atoms with Gasteiger partial charge in [0, 0.05) is 38.0 Å². The van der Waals surface area contributed by atoms with E-state index in [0.29, 0.717) is 19.5 Å². The molecule has 2 aromatic heterocycles. The van der Waals surface area contributed by atoms with Gasteiger partial charge in [-0.15, -0.1) is 0 Å². The molecule has 19 heavy (non-hydrogen) atoms. The first-order chi connectivity index (χ1) is 9.08. The van der Waals surface area contributed by atoms with E-state index in [2.05, 4.69) is 10.3 Å². The van der Waals surface area contributed by atoms with Gasteiger partial charge < -0.3 is 9.42 Å². The molecule has 2 aromatic rings. The minimum atomic E-state index is 0.0792. The average molecular weight is 262 g/mol. The van der Waals surface area contributed by atoms with Gasteiger partial charge in [-0.3, -0.25) is 9.48 Å². The third-order valence-corrected chi connectivity index (χ3v) is 3.12. The summed E-state index contributed by atoms with van der Waals surface area (Å²) in [5, 5.41) is 7.96. The van der Waals surface area contributed by atoms with Crippen molar-refractivity contribution in [1.82, 2.24) is 19.8 Å². The molecule has 0 aliphatic carbocycles. The molecule has 6 nitrogen and oxygen atoms in total.